The second kappa shape index (κ2) is 6.83. The zero-order valence-corrected chi connectivity index (χ0v) is 14.2. The summed E-state index contributed by atoms with van der Waals surface area (Å²) in [5.41, 5.74) is 8.92. The molecule has 1 unspecified atom stereocenters. The number of nitrogens with zero attached hydrogens (tertiary/aromatic N) is 4. The van der Waals surface area contributed by atoms with Crippen LogP contribution in [0.2, 0.25) is 5.15 Å². The van der Waals surface area contributed by atoms with Crippen LogP contribution < -0.4 is 10.1 Å². The number of nitrogens with one attached hydrogen (secondary N) is 1. The van der Waals surface area contributed by atoms with Crippen LogP contribution in [-0.2, 0) is 10.3 Å². The number of halogens is 1. The van der Waals surface area contributed by atoms with E-state index in [1.807, 2.05) is 19.1 Å². The smallest absolute Gasteiger partial charge is 0.129 e. The topological polar surface area (TPSA) is 92.1 Å². The Kier molecular flexibility index (Phi) is 4.78. The molecular formula is C16H18ClN5O2. The standard InChI is InChI=1S/C16H18ClN5O2/c1-16(9-23-2,21-22-18)13-3-4-14(24-10-6-19-7-10)12-8-20-15(17)5-11(12)13/h3-5,8,10,19H,6-7,9H2,1-2H3. The number of rotatable bonds is 6. The van der Waals surface area contributed by atoms with Gasteiger partial charge in [0, 0.05) is 36.7 Å². The predicted octanol–water partition coefficient (Wildman–Crippen LogP) is 3.41. The Morgan fingerprint density at radius 3 is 2.88 bits per heavy atom. The van der Waals surface area contributed by atoms with Gasteiger partial charge in [-0.15, -0.1) is 0 Å². The number of methoxy groups -OCH3 is 1. The van der Waals surface area contributed by atoms with Crippen LogP contribution in [-0.4, -0.2) is 37.9 Å². The van der Waals surface area contributed by atoms with Crippen LogP contribution in [0.25, 0.3) is 21.2 Å². The summed E-state index contributed by atoms with van der Waals surface area (Å²) in [6.45, 7) is 3.73. The van der Waals surface area contributed by atoms with Crippen molar-refractivity contribution in [2.45, 2.75) is 18.6 Å². The second-order valence-electron chi connectivity index (χ2n) is 5.96. The third-order valence-corrected chi connectivity index (χ3v) is 4.34. The minimum Gasteiger partial charge on any atom is -0.487 e. The molecule has 0 saturated carbocycles. The zero-order valence-electron chi connectivity index (χ0n) is 13.5. The Morgan fingerprint density at radius 2 is 2.25 bits per heavy atom. The van der Waals surface area contributed by atoms with Gasteiger partial charge in [-0.2, -0.15) is 0 Å². The Labute approximate surface area is 144 Å². The fraction of sp³-hybridized carbons (Fsp3) is 0.438. The molecule has 8 heteroatoms. The van der Waals surface area contributed by atoms with E-state index in [2.05, 4.69) is 20.3 Å². The maximum Gasteiger partial charge on any atom is 0.129 e. The second-order valence-corrected chi connectivity index (χ2v) is 6.35. The molecule has 24 heavy (non-hydrogen) atoms. The van der Waals surface area contributed by atoms with E-state index < -0.39 is 5.54 Å². The van der Waals surface area contributed by atoms with Crippen molar-refractivity contribution in [1.29, 1.82) is 0 Å². The summed E-state index contributed by atoms with van der Waals surface area (Å²) in [6.07, 6.45) is 1.84. The van der Waals surface area contributed by atoms with Gasteiger partial charge in [0.1, 0.15) is 17.0 Å². The van der Waals surface area contributed by atoms with Crippen molar-refractivity contribution >= 4 is 22.4 Å². The normalized spacial score (nSPS) is 17.0. The molecule has 0 amide bonds. The van der Waals surface area contributed by atoms with Crippen molar-refractivity contribution < 1.29 is 9.47 Å². The molecule has 0 spiro atoms. The van der Waals surface area contributed by atoms with Crippen LogP contribution in [0.5, 0.6) is 5.75 Å². The van der Waals surface area contributed by atoms with Gasteiger partial charge >= 0.3 is 0 Å². The first-order valence-corrected chi connectivity index (χ1v) is 7.96. The number of hydrogen-bond donors (Lipinski definition) is 1. The summed E-state index contributed by atoms with van der Waals surface area (Å²) in [5.74, 6) is 0.741. The Morgan fingerprint density at radius 1 is 1.46 bits per heavy atom. The molecule has 1 saturated heterocycles. The van der Waals surface area contributed by atoms with Crippen LogP contribution >= 0.6 is 11.6 Å². The summed E-state index contributed by atoms with van der Waals surface area (Å²) in [4.78, 5) is 7.15. The van der Waals surface area contributed by atoms with Gasteiger partial charge in [0.2, 0.25) is 0 Å². The molecule has 1 aromatic heterocycles. The number of hydrogen-bond acceptors (Lipinski definition) is 5. The summed E-state index contributed by atoms with van der Waals surface area (Å²) >= 11 is 6.09. The summed E-state index contributed by atoms with van der Waals surface area (Å²) in [6, 6.07) is 5.54. The van der Waals surface area contributed by atoms with E-state index in [0.29, 0.717) is 5.15 Å². The maximum atomic E-state index is 8.96. The highest BCUT2D eigenvalue weighted by Gasteiger charge is 2.29. The van der Waals surface area contributed by atoms with E-state index in [4.69, 9.17) is 26.6 Å². The molecule has 1 aromatic carbocycles. The molecule has 2 aromatic rings. The summed E-state index contributed by atoms with van der Waals surface area (Å²) in [7, 11) is 1.57. The van der Waals surface area contributed by atoms with Crippen molar-refractivity contribution in [2.24, 2.45) is 5.11 Å². The molecule has 7 nitrogen and oxygen atoms in total. The highest BCUT2D eigenvalue weighted by molar-refractivity contribution is 6.30. The van der Waals surface area contributed by atoms with Gasteiger partial charge in [0.25, 0.3) is 0 Å². The van der Waals surface area contributed by atoms with Gasteiger partial charge in [0.05, 0.1) is 12.1 Å². The quantitative estimate of drug-likeness (QED) is 0.375. The highest BCUT2D eigenvalue weighted by atomic mass is 35.5. The van der Waals surface area contributed by atoms with Gasteiger partial charge in [-0.3, -0.25) is 0 Å². The third-order valence-electron chi connectivity index (χ3n) is 4.14. The third kappa shape index (κ3) is 3.12. The molecule has 0 aliphatic carbocycles. The summed E-state index contributed by atoms with van der Waals surface area (Å²) < 4.78 is 11.3. The number of ether oxygens (including phenoxy) is 2. The van der Waals surface area contributed by atoms with Gasteiger partial charge in [0.15, 0.2) is 0 Å². The highest BCUT2D eigenvalue weighted by Crippen LogP contribution is 2.37. The Balaban J connectivity index is 2.16. The van der Waals surface area contributed by atoms with Gasteiger partial charge < -0.3 is 14.8 Å². The first-order valence-electron chi connectivity index (χ1n) is 7.59. The molecule has 1 atom stereocenters. The lowest BCUT2D eigenvalue weighted by Gasteiger charge is -2.30. The van der Waals surface area contributed by atoms with Crippen LogP contribution in [0.3, 0.4) is 0 Å². The minimum atomic E-state index is -0.858. The minimum absolute atomic E-state index is 0.150. The van der Waals surface area contributed by atoms with Crippen LogP contribution in [0.1, 0.15) is 12.5 Å². The van der Waals surface area contributed by atoms with Crippen LogP contribution in [0.4, 0.5) is 0 Å². The number of benzene rings is 1. The largest absolute Gasteiger partial charge is 0.487 e. The maximum absolute atomic E-state index is 8.96. The van der Waals surface area contributed by atoms with Crippen LogP contribution in [0.15, 0.2) is 29.5 Å². The van der Waals surface area contributed by atoms with E-state index >= 15 is 0 Å². The molecular weight excluding hydrogens is 330 g/mol. The van der Waals surface area contributed by atoms with Crippen molar-refractivity contribution in [3.8, 4) is 5.75 Å². The van der Waals surface area contributed by atoms with Crippen molar-refractivity contribution in [3.05, 3.63) is 45.6 Å². The molecule has 3 rings (SSSR count). The predicted molar refractivity (Wildman–Crippen MR) is 92.4 cm³/mol. The first-order chi connectivity index (χ1) is 11.6. The molecule has 1 fully saturated rings. The van der Waals surface area contributed by atoms with Gasteiger partial charge in [-0.1, -0.05) is 22.8 Å². The van der Waals surface area contributed by atoms with Crippen LogP contribution in [0, 0.1) is 0 Å². The van der Waals surface area contributed by atoms with E-state index in [9.17, 15) is 0 Å². The lowest BCUT2D eigenvalue weighted by Crippen LogP contribution is -2.50. The molecule has 1 aliphatic heterocycles. The SMILES string of the molecule is COCC(C)(N=[N+]=[N-])c1ccc(OC2CNC2)c2cnc(Cl)cc12. The number of pyridine rings is 1. The lowest BCUT2D eigenvalue weighted by molar-refractivity contribution is 0.140. The molecule has 2 heterocycles. The molecule has 1 aliphatic rings. The average Bonchev–Trinajstić information content (AvgIpc) is 2.50. The van der Waals surface area contributed by atoms with E-state index in [0.717, 1.165) is 35.2 Å². The fourth-order valence-electron chi connectivity index (χ4n) is 2.83. The summed E-state index contributed by atoms with van der Waals surface area (Å²) in [5, 5.41) is 9.17. The Hall–Kier alpha value is -2.05. The van der Waals surface area contributed by atoms with E-state index in [1.54, 1.807) is 19.4 Å². The molecule has 0 bridgehead atoms. The van der Waals surface area contributed by atoms with E-state index in [1.165, 1.54) is 0 Å². The molecule has 0 radical (unpaired) electrons. The number of azide groups is 1. The van der Waals surface area contributed by atoms with Gasteiger partial charge in [-0.05, 0) is 35.5 Å². The fourth-order valence-corrected chi connectivity index (χ4v) is 2.98. The van der Waals surface area contributed by atoms with Crippen molar-refractivity contribution in [1.82, 2.24) is 10.3 Å². The number of fused-ring (bicyclic) bond motifs is 1. The Bertz CT molecular complexity index is 804. The first kappa shape index (κ1) is 16.8. The van der Waals surface area contributed by atoms with Crippen molar-refractivity contribution in [3.63, 3.8) is 0 Å². The average molecular weight is 348 g/mol. The lowest BCUT2D eigenvalue weighted by atomic mass is 9.89. The van der Waals surface area contributed by atoms with E-state index in [-0.39, 0.29) is 12.7 Å². The monoisotopic (exact) mass is 347 g/mol. The number of aromatic nitrogens is 1. The zero-order chi connectivity index (χ0) is 17.2. The van der Waals surface area contributed by atoms with Gasteiger partial charge in [-0.25, -0.2) is 4.98 Å². The molecule has 126 valence electrons. The molecule has 1 N–H and O–H groups in total. The van der Waals surface area contributed by atoms with Crippen molar-refractivity contribution in [2.75, 3.05) is 26.8 Å².